The van der Waals surface area contributed by atoms with Gasteiger partial charge in [0.1, 0.15) is 55.4 Å². The smallest absolute Gasteiger partial charge is 0.289 e. The van der Waals surface area contributed by atoms with Crippen LogP contribution in [0.25, 0.3) is 22.6 Å². The Morgan fingerprint density at radius 1 is 0.938 bits per heavy atom. The number of aromatic nitrogens is 1. The number of amides is 5. The molecule has 0 saturated heterocycles. The molecule has 0 spiro atoms. The van der Waals surface area contributed by atoms with E-state index in [1.807, 2.05) is 30.3 Å². The summed E-state index contributed by atoms with van der Waals surface area (Å²) < 4.78 is 18.2. The molecule has 5 rings (SSSR count). The van der Waals surface area contributed by atoms with Crippen molar-refractivity contribution in [3.63, 3.8) is 0 Å². The van der Waals surface area contributed by atoms with Gasteiger partial charge in [0, 0.05) is 43.2 Å². The van der Waals surface area contributed by atoms with Crippen LogP contribution in [0, 0.1) is 18.3 Å². The Morgan fingerprint density at radius 2 is 1.62 bits per heavy atom. The van der Waals surface area contributed by atoms with E-state index < -0.39 is 53.7 Å². The first-order valence-corrected chi connectivity index (χ1v) is 21.9. The fourth-order valence-corrected chi connectivity index (χ4v) is 7.48. The second-order valence-electron chi connectivity index (χ2n) is 15.8. The molecule has 65 heavy (non-hydrogen) atoms. The number of aryl methyl sites for hydroxylation is 2. The highest BCUT2D eigenvalue weighted by Gasteiger charge is 2.36. The van der Waals surface area contributed by atoms with Gasteiger partial charge in [-0.3, -0.25) is 24.0 Å². The number of carbonyl (C=O) groups is 5. The van der Waals surface area contributed by atoms with Crippen LogP contribution in [0.5, 0.6) is 11.5 Å². The summed E-state index contributed by atoms with van der Waals surface area (Å²) in [6, 6.07) is 14.8. The van der Waals surface area contributed by atoms with E-state index in [-0.39, 0.29) is 63.9 Å². The molecule has 4 aromatic rings. The predicted molar refractivity (Wildman–Crippen MR) is 243 cm³/mol. The first kappa shape index (κ1) is 49.2. The Bertz CT molecular complexity index is 2340. The fraction of sp³-hybridized carbons (Fsp3) is 0.426. The van der Waals surface area contributed by atoms with E-state index in [1.54, 1.807) is 43.3 Å². The number of nitrogens with two attached hydrogens (primary N) is 3. The maximum atomic E-state index is 14.6. The van der Waals surface area contributed by atoms with Gasteiger partial charge in [0.15, 0.2) is 0 Å². The van der Waals surface area contributed by atoms with Crippen LogP contribution >= 0.6 is 0 Å². The molecule has 0 saturated carbocycles. The number of benzene rings is 3. The standard InChI is InChI=1S/C47H60N10O8/c1-5-6-7-8-30-9-12-32(13-10-30)46-54-28(2)41(65-46)45(61)55-36(17-18-48)47(62)57(4)40-33-14-16-39(64-24-21-51)35(27-33)34-25-31(11-15-38(34)63-23-20-50)26-37(43(59)52-22-19-49)56-42(58)29(3)53-44(40)60/h9-16,25,27,29,36-37,40H,5-8,17-18,20-24,26,48,50-51H2,1-4H3,(H,52,59)(H,53,60)(H,55,61)(H,56,58)/t29-,36-,37-,40-/m0/s1. The van der Waals surface area contributed by atoms with Crippen LogP contribution in [0.1, 0.15) is 78.5 Å². The van der Waals surface area contributed by atoms with Crippen molar-refractivity contribution >= 4 is 29.5 Å². The summed E-state index contributed by atoms with van der Waals surface area (Å²) in [4.78, 5) is 75.8. The number of hydrogen-bond acceptors (Lipinski definition) is 13. The molecule has 1 aliphatic rings. The molecule has 4 atom stereocenters. The van der Waals surface area contributed by atoms with E-state index in [1.165, 1.54) is 24.4 Å². The zero-order valence-corrected chi connectivity index (χ0v) is 37.4. The van der Waals surface area contributed by atoms with Crippen molar-refractivity contribution in [3.8, 4) is 40.1 Å². The zero-order chi connectivity index (χ0) is 47.0. The lowest BCUT2D eigenvalue weighted by Gasteiger charge is -2.32. The second-order valence-corrected chi connectivity index (χ2v) is 15.8. The van der Waals surface area contributed by atoms with Crippen molar-refractivity contribution in [1.29, 1.82) is 5.26 Å². The normalized spacial score (nSPS) is 16.5. The first-order chi connectivity index (χ1) is 31.3. The van der Waals surface area contributed by atoms with Crippen molar-refractivity contribution in [2.45, 2.75) is 83.5 Å². The largest absolute Gasteiger partial charge is 0.492 e. The summed E-state index contributed by atoms with van der Waals surface area (Å²) in [5.74, 6) is -2.54. The van der Waals surface area contributed by atoms with Gasteiger partial charge in [0.2, 0.25) is 35.3 Å². The monoisotopic (exact) mass is 892 g/mol. The Balaban J connectivity index is 1.54. The van der Waals surface area contributed by atoms with Gasteiger partial charge >= 0.3 is 0 Å². The van der Waals surface area contributed by atoms with Crippen molar-refractivity contribution in [2.24, 2.45) is 17.2 Å². The van der Waals surface area contributed by atoms with Gasteiger partial charge in [-0.1, -0.05) is 44.0 Å². The third-order valence-electron chi connectivity index (χ3n) is 10.9. The van der Waals surface area contributed by atoms with Crippen molar-refractivity contribution < 1.29 is 37.9 Å². The number of unbranched alkanes of at least 4 members (excludes halogenated alkanes) is 2. The molecule has 10 N–H and O–H groups in total. The molecule has 0 unspecified atom stereocenters. The number of nitrogens with zero attached hydrogens (tertiary/aromatic N) is 3. The Kier molecular flexibility index (Phi) is 18.0. The van der Waals surface area contributed by atoms with E-state index >= 15 is 0 Å². The summed E-state index contributed by atoms with van der Waals surface area (Å²) in [7, 11) is 1.41. The topological polar surface area (TPSA) is 283 Å². The molecule has 0 fully saturated rings. The van der Waals surface area contributed by atoms with Crippen molar-refractivity contribution in [3.05, 3.63) is 88.8 Å². The van der Waals surface area contributed by atoms with Crippen LogP contribution in [0.4, 0.5) is 0 Å². The summed E-state index contributed by atoms with van der Waals surface area (Å²) in [5.41, 5.74) is 21.7. The van der Waals surface area contributed by atoms with Crippen LogP contribution in [-0.2, 0) is 32.0 Å². The van der Waals surface area contributed by atoms with Gasteiger partial charge in [0.25, 0.3) is 5.91 Å². The van der Waals surface area contributed by atoms with E-state index in [2.05, 4.69) is 33.2 Å². The van der Waals surface area contributed by atoms with Crippen molar-refractivity contribution in [1.82, 2.24) is 31.2 Å². The quantitative estimate of drug-likeness (QED) is 0.0527. The number of fused-ring (bicyclic) bond motifs is 5. The summed E-state index contributed by atoms with van der Waals surface area (Å²) in [6.07, 6.45) is 4.30. The average Bonchev–Trinajstić information content (AvgIpc) is 3.70. The molecular formula is C47H60N10O8. The molecular weight excluding hydrogens is 833 g/mol. The zero-order valence-electron chi connectivity index (χ0n) is 37.4. The molecule has 346 valence electrons. The van der Waals surface area contributed by atoms with Gasteiger partial charge in [0.05, 0.1) is 11.8 Å². The Hall–Kier alpha value is -6.81. The molecule has 0 aliphatic carbocycles. The minimum Gasteiger partial charge on any atom is -0.492 e. The highest BCUT2D eigenvalue weighted by Crippen LogP contribution is 2.40. The molecule has 18 heteroatoms. The predicted octanol–water partition coefficient (Wildman–Crippen LogP) is 2.56. The lowest BCUT2D eigenvalue weighted by molar-refractivity contribution is -0.141. The molecule has 3 aromatic carbocycles. The molecule has 2 heterocycles. The third kappa shape index (κ3) is 12.7. The number of likely N-dealkylation sites (N-methyl/N-ethyl adjacent to an activating group) is 1. The van der Waals surface area contributed by atoms with E-state index in [0.717, 1.165) is 25.7 Å². The van der Waals surface area contributed by atoms with Gasteiger partial charge in [-0.05, 0) is 92.7 Å². The summed E-state index contributed by atoms with van der Waals surface area (Å²) in [5, 5.41) is 19.8. The van der Waals surface area contributed by atoms with Gasteiger partial charge in [-0.25, -0.2) is 4.98 Å². The number of oxazole rings is 1. The number of nitrogens with one attached hydrogen (secondary N) is 4. The van der Waals surface area contributed by atoms with Crippen LogP contribution in [-0.4, -0.2) is 104 Å². The summed E-state index contributed by atoms with van der Waals surface area (Å²) in [6.45, 7) is 5.58. The first-order valence-electron chi connectivity index (χ1n) is 21.9. The van der Waals surface area contributed by atoms with Gasteiger partial charge in [-0.2, -0.15) is 5.26 Å². The highest BCUT2D eigenvalue weighted by molar-refractivity contribution is 5.99. The third-order valence-corrected chi connectivity index (χ3v) is 10.9. The number of ether oxygens (including phenoxy) is 2. The van der Waals surface area contributed by atoms with Crippen LogP contribution in [0.15, 0.2) is 65.1 Å². The van der Waals surface area contributed by atoms with Gasteiger partial charge < -0.3 is 57.3 Å². The average molecular weight is 893 g/mol. The summed E-state index contributed by atoms with van der Waals surface area (Å²) >= 11 is 0. The van der Waals surface area contributed by atoms with E-state index in [9.17, 15) is 24.0 Å². The van der Waals surface area contributed by atoms with E-state index in [4.69, 9.17) is 36.4 Å². The molecule has 1 aliphatic heterocycles. The Labute approximate surface area is 379 Å². The molecule has 1 aromatic heterocycles. The van der Waals surface area contributed by atoms with E-state index in [0.29, 0.717) is 45.0 Å². The SMILES string of the molecule is CCCCCc1ccc(-c2nc(C)c(C(=O)N[C@@H](CCN)C(=O)N(C)[C@@H]3C(=O)N[C@@H](C)C(=O)N[C@H](C(=O)NCC#N)Cc4ccc(OCCN)c(c4)-c4cc3ccc4OCCN)o2)cc1. The minimum absolute atomic E-state index is 0.00181. The lowest BCUT2D eigenvalue weighted by Crippen LogP contribution is -2.56. The molecule has 5 amide bonds. The maximum Gasteiger partial charge on any atom is 0.289 e. The number of hydrogen-bond donors (Lipinski definition) is 7. The molecule has 4 bridgehead atoms. The van der Waals surface area contributed by atoms with Crippen LogP contribution in [0.3, 0.4) is 0 Å². The second kappa shape index (κ2) is 23.8. The number of nitriles is 1. The van der Waals surface area contributed by atoms with Gasteiger partial charge in [-0.15, -0.1) is 0 Å². The fourth-order valence-electron chi connectivity index (χ4n) is 7.48. The number of carbonyl (C=O) groups excluding carboxylic acids is 5. The lowest BCUT2D eigenvalue weighted by atomic mass is 9.93. The number of rotatable bonds is 19. The Morgan fingerprint density at radius 3 is 2.26 bits per heavy atom. The highest BCUT2D eigenvalue weighted by atomic mass is 16.5. The molecule has 18 nitrogen and oxygen atoms in total. The van der Waals surface area contributed by atoms with Crippen LogP contribution in [0.2, 0.25) is 0 Å². The maximum absolute atomic E-state index is 14.6. The molecule has 0 radical (unpaired) electrons. The van der Waals surface area contributed by atoms with Crippen LogP contribution < -0.4 is 47.9 Å². The minimum atomic E-state index is -1.41. The van der Waals surface area contributed by atoms with Crippen molar-refractivity contribution in [2.75, 3.05) is 46.4 Å².